The first-order chi connectivity index (χ1) is 9.24. The molecule has 0 aliphatic rings. The van der Waals surface area contributed by atoms with Gasteiger partial charge in [0, 0.05) is 5.39 Å². The van der Waals surface area contributed by atoms with Crippen molar-refractivity contribution < 1.29 is 9.90 Å². The Morgan fingerprint density at radius 2 is 1.63 bits per heavy atom. The van der Waals surface area contributed by atoms with E-state index in [2.05, 4.69) is 9.97 Å². The van der Waals surface area contributed by atoms with Gasteiger partial charge in [-0.3, -0.25) is 0 Å². The maximum Gasteiger partial charge on any atom is 0.354 e. The first-order valence-corrected chi connectivity index (χ1v) is 5.80. The highest BCUT2D eigenvalue weighted by atomic mass is 16.4. The summed E-state index contributed by atoms with van der Waals surface area (Å²) in [5.74, 6) is -1.04. The Balaban J connectivity index is 2.13. The van der Waals surface area contributed by atoms with Crippen molar-refractivity contribution in [1.29, 1.82) is 0 Å². The fraction of sp³-hybridized carbons (Fsp3) is 0. The Hall–Kier alpha value is -2.75. The number of para-hydroxylation sites is 1. The molecule has 0 amide bonds. The molecule has 0 unspecified atom stereocenters. The van der Waals surface area contributed by atoms with Crippen molar-refractivity contribution in [3.63, 3.8) is 0 Å². The minimum Gasteiger partial charge on any atom is -0.477 e. The number of aromatic nitrogens is 2. The molecule has 92 valence electrons. The number of nitrogens with zero attached hydrogens (tertiary/aromatic N) is 2. The van der Waals surface area contributed by atoms with E-state index in [1.165, 1.54) is 6.07 Å². The monoisotopic (exact) mass is 250 g/mol. The number of carbonyl (C=O) groups is 1. The summed E-state index contributed by atoms with van der Waals surface area (Å²) in [4.78, 5) is 19.5. The zero-order valence-corrected chi connectivity index (χ0v) is 9.95. The lowest BCUT2D eigenvalue weighted by molar-refractivity contribution is 0.0690. The maximum atomic E-state index is 10.9. The lowest BCUT2D eigenvalue weighted by Gasteiger charge is -2.03. The predicted molar refractivity (Wildman–Crippen MR) is 71.9 cm³/mol. The van der Waals surface area contributed by atoms with Gasteiger partial charge < -0.3 is 5.11 Å². The molecular weight excluding hydrogens is 240 g/mol. The molecule has 4 nitrogen and oxygen atoms in total. The largest absolute Gasteiger partial charge is 0.477 e. The summed E-state index contributed by atoms with van der Waals surface area (Å²) in [6.07, 6.45) is 0. The summed E-state index contributed by atoms with van der Waals surface area (Å²) in [6.45, 7) is 0. The molecule has 0 radical (unpaired) electrons. The molecule has 19 heavy (non-hydrogen) atoms. The fourth-order valence-electron chi connectivity index (χ4n) is 1.91. The van der Waals surface area contributed by atoms with Gasteiger partial charge in [0.15, 0.2) is 0 Å². The van der Waals surface area contributed by atoms with Crippen LogP contribution in [-0.4, -0.2) is 21.0 Å². The number of carboxylic acid groups (broad SMARTS) is 1. The fourth-order valence-corrected chi connectivity index (χ4v) is 1.91. The van der Waals surface area contributed by atoms with Gasteiger partial charge in [0.05, 0.1) is 16.9 Å². The maximum absolute atomic E-state index is 10.9. The molecule has 0 saturated heterocycles. The number of carboxylic acids is 1. The molecule has 3 rings (SSSR count). The molecule has 4 heteroatoms. The van der Waals surface area contributed by atoms with Gasteiger partial charge in [-0.25, -0.2) is 14.8 Å². The van der Waals surface area contributed by atoms with E-state index in [-0.39, 0.29) is 5.69 Å². The van der Waals surface area contributed by atoms with Gasteiger partial charge in [0.2, 0.25) is 0 Å². The second-order valence-electron chi connectivity index (χ2n) is 4.10. The Labute approximate surface area is 109 Å². The average Bonchev–Trinajstić information content (AvgIpc) is 2.47. The number of aromatic carboxylic acids is 1. The Kier molecular flexibility index (Phi) is 2.68. The third-order valence-electron chi connectivity index (χ3n) is 2.83. The van der Waals surface area contributed by atoms with Crippen LogP contribution in [-0.2, 0) is 0 Å². The standard InChI is InChI=1S/C15H10N2O2/c18-15(19)14-7-3-6-12(17-14)13-9-8-10-4-1-2-5-11(10)16-13/h1-9H,(H,18,19). The summed E-state index contributed by atoms with van der Waals surface area (Å²) < 4.78 is 0. The number of hydrogen-bond donors (Lipinski definition) is 1. The molecule has 0 spiro atoms. The van der Waals surface area contributed by atoms with Gasteiger partial charge in [-0.15, -0.1) is 0 Å². The Morgan fingerprint density at radius 1 is 0.842 bits per heavy atom. The van der Waals surface area contributed by atoms with Crippen molar-refractivity contribution in [2.45, 2.75) is 0 Å². The normalized spacial score (nSPS) is 10.5. The van der Waals surface area contributed by atoms with E-state index >= 15 is 0 Å². The van der Waals surface area contributed by atoms with E-state index in [0.29, 0.717) is 11.4 Å². The zero-order chi connectivity index (χ0) is 13.2. The van der Waals surface area contributed by atoms with E-state index < -0.39 is 5.97 Å². The summed E-state index contributed by atoms with van der Waals surface area (Å²) in [5, 5.41) is 9.99. The van der Waals surface area contributed by atoms with Crippen LogP contribution in [0.4, 0.5) is 0 Å². The Morgan fingerprint density at radius 3 is 2.47 bits per heavy atom. The third kappa shape index (κ3) is 2.15. The van der Waals surface area contributed by atoms with E-state index in [9.17, 15) is 4.79 Å². The van der Waals surface area contributed by atoms with E-state index in [1.807, 2.05) is 36.4 Å². The van der Waals surface area contributed by atoms with Crippen LogP contribution in [0.25, 0.3) is 22.3 Å². The summed E-state index contributed by atoms with van der Waals surface area (Å²) in [7, 11) is 0. The molecule has 1 aromatic carbocycles. The van der Waals surface area contributed by atoms with Gasteiger partial charge in [-0.1, -0.05) is 30.3 Å². The number of fused-ring (bicyclic) bond motifs is 1. The van der Waals surface area contributed by atoms with Crippen molar-refractivity contribution in [1.82, 2.24) is 9.97 Å². The highest BCUT2D eigenvalue weighted by molar-refractivity contribution is 5.86. The van der Waals surface area contributed by atoms with Crippen molar-refractivity contribution in [2.24, 2.45) is 0 Å². The number of hydrogen-bond acceptors (Lipinski definition) is 3. The smallest absolute Gasteiger partial charge is 0.354 e. The molecule has 2 heterocycles. The second-order valence-corrected chi connectivity index (χ2v) is 4.10. The third-order valence-corrected chi connectivity index (χ3v) is 2.83. The molecule has 0 fully saturated rings. The van der Waals surface area contributed by atoms with E-state index in [1.54, 1.807) is 12.1 Å². The molecule has 2 aromatic heterocycles. The topological polar surface area (TPSA) is 63.1 Å². The average molecular weight is 250 g/mol. The lowest BCUT2D eigenvalue weighted by Crippen LogP contribution is -2.01. The summed E-state index contributed by atoms with van der Waals surface area (Å²) in [5.41, 5.74) is 2.11. The molecule has 0 bridgehead atoms. The number of pyridine rings is 2. The van der Waals surface area contributed by atoms with Crippen LogP contribution >= 0.6 is 0 Å². The molecule has 0 aliphatic heterocycles. The highest BCUT2D eigenvalue weighted by Gasteiger charge is 2.07. The van der Waals surface area contributed by atoms with E-state index in [0.717, 1.165) is 10.9 Å². The van der Waals surface area contributed by atoms with Crippen LogP contribution < -0.4 is 0 Å². The number of benzene rings is 1. The number of rotatable bonds is 2. The van der Waals surface area contributed by atoms with Crippen LogP contribution in [0, 0.1) is 0 Å². The Bertz CT molecular complexity index is 769. The minimum absolute atomic E-state index is 0.0208. The zero-order valence-electron chi connectivity index (χ0n) is 9.95. The van der Waals surface area contributed by atoms with Gasteiger partial charge in [-0.05, 0) is 24.3 Å². The quantitative estimate of drug-likeness (QED) is 0.759. The van der Waals surface area contributed by atoms with Crippen molar-refractivity contribution in [3.05, 3.63) is 60.3 Å². The van der Waals surface area contributed by atoms with E-state index in [4.69, 9.17) is 5.11 Å². The van der Waals surface area contributed by atoms with Gasteiger partial charge in [0.25, 0.3) is 0 Å². The summed E-state index contributed by atoms with van der Waals surface area (Å²) >= 11 is 0. The molecule has 1 N–H and O–H groups in total. The molecule has 0 atom stereocenters. The van der Waals surface area contributed by atoms with Crippen molar-refractivity contribution in [3.8, 4) is 11.4 Å². The van der Waals surface area contributed by atoms with Crippen molar-refractivity contribution >= 4 is 16.9 Å². The van der Waals surface area contributed by atoms with Crippen LogP contribution in [0.5, 0.6) is 0 Å². The van der Waals surface area contributed by atoms with Crippen molar-refractivity contribution in [2.75, 3.05) is 0 Å². The van der Waals surface area contributed by atoms with Crippen LogP contribution in [0.15, 0.2) is 54.6 Å². The molecule has 3 aromatic rings. The van der Waals surface area contributed by atoms with Gasteiger partial charge in [-0.2, -0.15) is 0 Å². The van der Waals surface area contributed by atoms with Gasteiger partial charge in [0.1, 0.15) is 5.69 Å². The van der Waals surface area contributed by atoms with Crippen LogP contribution in [0.3, 0.4) is 0 Å². The lowest BCUT2D eigenvalue weighted by atomic mass is 10.1. The molecular formula is C15H10N2O2. The first kappa shape index (κ1) is 11.3. The van der Waals surface area contributed by atoms with Gasteiger partial charge >= 0.3 is 5.97 Å². The minimum atomic E-state index is -1.04. The second kappa shape index (κ2) is 4.49. The molecule has 0 saturated carbocycles. The predicted octanol–water partition coefficient (Wildman–Crippen LogP) is 3.00. The highest BCUT2D eigenvalue weighted by Crippen LogP contribution is 2.19. The van der Waals surface area contributed by atoms with Crippen LogP contribution in [0.2, 0.25) is 0 Å². The molecule has 0 aliphatic carbocycles. The SMILES string of the molecule is O=C(O)c1cccc(-c2ccc3ccccc3n2)n1. The first-order valence-electron chi connectivity index (χ1n) is 5.80. The summed E-state index contributed by atoms with van der Waals surface area (Å²) in [6, 6.07) is 16.4. The van der Waals surface area contributed by atoms with Crippen LogP contribution in [0.1, 0.15) is 10.5 Å².